The van der Waals surface area contributed by atoms with Gasteiger partial charge in [-0.05, 0) is 25.0 Å². The van der Waals surface area contributed by atoms with Crippen LogP contribution < -0.4 is 11.1 Å². The third-order valence-corrected chi connectivity index (χ3v) is 3.46. The van der Waals surface area contributed by atoms with Gasteiger partial charge >= 0.3 is 0 Å². The second-order valence-electron chi connectivity index (χ2n) is 4.83. The predicted octanol–water partition coefficient (Wildman–Crippen LogP) is 2.18. The zero-order chi connectivity index (χ0) is 15.6. The molecule has 5 nitrogen and oxygen atoms in total. The molecule has 1 amide bonds. The van der Waals surface area contributed by atoms with Crippen LogP contribution in [0.3, 0.4) is 0 Å². The first-order chi connectivity index (χ1) is 9.93. The molecule has 0 aliphatic rings. The fourth-order valence-corrected chi connectivity index (χ4v) is 2.54. The minimum Gasteiger partial charge on any atom is -0.389 e. The van der Waals surface area contributed by atoms with Crippen LogP contribution >= 0.6 is 12.2 Å². The van der Waals surface area contributed by atoms with Crippen molar-refractivity contribution in [3.05, 3.63) is 46.8 Å². The molecule has 1 aromatic carbocycles. The largest absolute Gasteiger partial charge is 0.389 e. The lowest BCUT2D eigenvalue weighted by Gasteiger charge is -2.12. The van der Waals surface area contributed by atoms with E-state index in [0.29, 0.717) is 23.2 Å². The molecule has 0 saturated heterocycles. The Morgan fingerprint density at radius 3 is 2.81 bits per heavy atom. The zero-order valence-electron chi connectivity index (χ0n) is 12.3. The van der Waals surface area contributed by atoms with Gasteiger partial charge in [-0.2, -0.15) is 5.10 Å². The summed E-state index contributed by atoms with van der Waals surface area (Å²) >= 11 is 5.07. The highest BCUT2D eigenvalue weighted by Gasteiger charge is 2.17. The van der Waals surface area contributed by atoms with Crippen LogP contribution in [0.1, 0.15) is 34.1 Å². The van der Waals surface area contributed by atoms with Crippen molar-refractivity contribution in [2.45, 2.75) is 20.3 Å². The lowest BCUT2D eigenvalue weighted by Crippen LogP contribution is -2.19. The van der Waals surface area contributed by atoms with Crippen LogP contribution in [-0.4, -0.2) is 20.7 Å². The summed E-state index contributed by atoms with van der Waals surface area (Å²) in [6, 6.07) is 5.56. The number of thiocarbonyl (C=S) groups is 1. The summed E-state index contributed by atoms with van der Waals surface area (Å²) in [7, 11) is 1.79. The summed E-state index contributed by atoms with van der Waals surface area (Å²) < 4.78 is 1.64. The zero-order valence-corrected chi connectivity index (χ0v) is 13.1. The van der Waals surface area contributed by atoms with E-state index in [-0.39, 0.29) is 10.9 Å². The van der Waals surface area contributed by atoms with Crippen LogP contribution in [0, 0.1) is 6.92 Å². The van der Waals surface area contributed by atoms with Gasteiger partial charge < -0.3 is 11.1 Å². The van der Waals surface area contributed by atoms with Gasteiger partial charge in [-0.15, -0.1) is 0 Å². The topological polar surface area (TPSA) is 72.9 Å². The third kappa shape index (κ3) is 3.11. The first-order valence-corrected chi connectivity index (χ1v) is 7.08. The van der Waals surface area contributed by atoms with Crippen molar-refractivity contribution in [3.8, 4) is 0 Å². The molecule has 0 radical (unpaired) electrons. The van der Waals surface area contributed by atoms with Crippen molar-refractivity contribution in [2.24, 2.45) is 12.8 Å². The Kier molecular flexibility index (Phi) is 4.37. The van der Waals surface area contributed by atoms with Gasteiger partial charge in [-0.1, -0.05) is 31.3 Å². The molecule has 0 aliphatic heterocycles. The number of nitrogens with two attached hydrogens (primary N) is 1. The molecule has 0 fully saturated rings. The predicted molar refractivity (Wildman–Crippen MR) is 87.6 cm³/mol. The van der Waals surface area contributed by atoms with Gasteiger partial charge in [0.25, 0.3) is 5.91 Å². The third-order valence-electron chi connectivity index (χ3n) is 3.25. The molecule has 3 N–H and O–H groups in total. The monoisotopic (exact) mass is 302 g/mol. The van der Waals surface area contributed by atoms with Crippen LogP contribution in [0.25, 0.3) is 0 Å². The number of hydrogen-bond donors (Lipinski definition) is 2. The Morgan fingerprint density at radius 1 is 1.48 bits per heavy atom. The van der Waals surface area contributed by atoms with E-state index in [1.54, 1.807) is 24.0 Å². The van der Waals surface area contributed by atoms with Gasteiger partial charge in [0.2, 0.25) is 0 Å². The Bertz CT molecular complexity index is 706. The molecule has 0 saturated carbocycles. The SMILES string of the molecule is CCc1nn(C)cc1C(=O)Nc1cccc(C)c1C(N)=S. The fraction of sp³-hybridized carbons (Fsp3) is 0.267. The molecule has 1 heterocycles. The molecule has 0 unspecified atom stereocenters. The molecule has 6 heteroatoms. The van der Waals surface area contributed by atoms with Crippen molar-refractivity contribution in [1.82, 2.24) is 9.78 Å². The average Bonchev–Trinajstić information content (AvgIpc) is 2.79. The Balaban J connectivity index is 2.36. The number of anilines is 1. The van der Waals surface area contributed by atoms with Crippen LogP contribution in [-0.2, 0) is 13.5 Å². The molecule has 1 aromatic heterocycles. The van der Waals surface area contributed by atoms with Crippen LogP contribution in [0.5, 0.6) is 0 Å². The van der Waals surface area contributed by atoms with Crippen molar-refractivity contribution in [3.63, 3.8) is 0 Å². The molecule has 0 aliphatic carbocycles. The van der Waals surface area contributed by atoms with Gasteiger partial charge in [0.1, 0.15) is 4.99 Å². The smallest absolute Gasteiger partial charge is 0.259 e. The van der Waals surface area contributed by atoms with Crippen molar-refractivity contribution < 1.29 is 4.79 Å². The number of nitrogens with one attached hydrogen (secondary N) is 1. The number of benzene rings is 1. The fourth-order valence-electron chi connectivity index (χ4n) is 2.27. The summed E-state index contributed by atoms with van der Waals surface area (Å²) in [6.45, 7) is 3.87. The highest BCUT2D eigenvalue weighted by molar-refractivity contribution is 7.80. The van der Waals surface area contributed by atoms with E-state index in [0.717, 1.165) is 11.3 Å². The van der Waals surface area contributed by atoms with Gasteiger partial charge in [-0.25, -0.2) is 0 Å². The molecule has 2 rings (SSSR count). The van der Waals surface area contributed by atoms with Gasteiger partial charge in [-0.3, -0.25) is 9.48 Å². The Labute approximate surface area is 129 Å². The summed E-state index contributed by atoms with van der Waals surface area (Å²) in [5, 5.41) is 7.15. The van der Waals surface area contributed by atoms with E-state index >= 15 is 0 Å². The van der Waals surface area contributed by atoms with Crippen molar-refractivity contribution >= 4 is 28.8 Å². The van der Waals surface area contributed by atoms with Gasteiger partial charge in [0.05, 0.1) is 16.9 Å². The number of carbonyl (C=O) groups is 1. The maximum atomic E-state index is 12.4. The standard InChI is InChI=1S/C15H18N4OS/c1-4-11-10(8-19(3)18-11)15(20)17-12-7-5-6-9(2)13(12)14(16)21/h5-8H,4H2,1-3H3,(H2,16,21)(H,17,20). The average molecular weight is 302 g/mol. The molecule has 21 heavy (non-hydrogen) atoms. The van der Waals surface area contributed by atoms with Gasteiger partial charge in [0.15, 0.2) is 0 Å². The molecule has 110 valence electrons. The number of aryl methyl sites for hydroxylation is 3. The maximum Gasteiger partial charge on any atom is 0.259 e. The van der Waals surface area contributed by atoms with Crippen molar-refractivity contribution in [1.29, 1.82) is 0 Å². The summed E-state index contributed by atoms with van der Waals surface area (Å²) in [4.78, 5) is 12.7. The molecule has 0 atom stereocenters. The number of aromatic nitrogens is 2. The Morgan fingerprint density at radius 2 is 2.19 bits per heavy atom. The van der Waals surface area contributed by atoms with Gasteiger partial charge in [0, 0.05) is 18.8 Å². The number of amides is 1. The number of hydrogen-bond acceptors (Lipinski definition) is 3. The van der Waals surface area contributed by atoms with E-state index in [9.17, 15) is 4.79 Å². The van der Waals surface area contributed by atoms with Crippen LogP contribution in [0.2, 0.25) is 0 Å². The van der Waals surface area contributed by atoms with E-state index in [2.05, 4.69) is 10.4 Å². The molecule has 0 bridgehead atoms. The lowest BCUT2D eigenvalue weighted by molar-refractivity contribution is 0.102. The van der Waals surface area contributed by atoms with E-state index in [4.69, 9.17) is 18.0 Å². The number of carbonyl (C=O) groups excluding carboxylic acids is 1. The summed E-state index contributed by atoms with van der Waals surface area (Å²) in [5.41, 5.74) is 9.34. The quantitative estimate of drug-likeness (QED) is 0.849. The number of nitrogens with zero attached hydrogens (tertiary/aromatic N) is 2. The maximum absolute atomic E-state index is 12.4. The second kappa shape index (κ2) is 6.05. The highest BCUT2D eigenvalue weighted by atomic mass is 32.1. The minimum atomic E-state index is -0.206. The Hall–Kier alpha value is -2.21. The summed E-state index contributed by atoms with van der Waals surface area (Å²) in [5.74, 6) is -0.206. The summed E-state index contributed by atoms with van der Waals surface area (Å²) in [6.07, 6.45) is 2.41. The lowest BCUT2D eigenvalue weighted by atomic mass is 10.1. The second-order valence-corrected chi connectivity index (χ2v) is 5.27. The first kappa shape index (κ1) is 15.2. The van der Waals surface area contributed by atoms with Crippen molar-refractivity contribution in [2.75, 3.05) is 5.32 Å². The molecule has 2 aromatic rings. The van der Waals surface area contributed by atoms with E-state index in [1.807, 2.05) is 26.0 Å². The first-order valence-electron chi connectivity index (χ1n) is 6.67. The van der Waals surface area contributed by atoms with Crippen LogP contribution in [0.4, 0.5) is 5.69 Å². The van der Waals surface area contributed by atoms with E-state index < -0.39 is 0 Å². The number of rotatable bonds is 4. The molecular weight excluding hydrogens is 284 g/mol. The molecular formula is C15H18N4OS. The highest BCUT2D eigenvalue weighted by Crippen LogP contribution is 2.21. The minimum absolute atomic E-state index is 0.206. The van der Waals surface area contributed by atoms with Crippen LogP contribution in [0.15, 0.2) is 24.4 Å². The van der Waals surface area contributed by atoms with E-state index in [1.165, 1.54) is 0 Å². The molecule has 0 spiro atoms. The normalized spacial score (nSPS) is 10.4.